The number of sulfonamides is 1. The molecule has 0 saturated heterocycles. The second-order valence-corrected chi connectivity index (χ2v) is 8.89. The molecular formula is C22H30N2O4S. The number of carbonyl (C=O) groups excluding carboxylic acids is 1. The lowest BCUT2D eigenvalue weighted by Gasteiger charge is -2.31. The molecule has 1 atom stereocenters. The predicted octanol–water partition coefficient (Wildman–Crippen LogP) is 3.56. The first-order valence-electron chi connectivity index (χ1n) is 9.74. The minimum Gasteiger partial charge on any atom is -0.494 e. The van der Waals surface area contributed by atoms with Gasteiger partial charge in [0.2, 0.25) is 15.9 Å². The average Bonchev–Trinajstić information content (AvgIpc) is 2.66. The highest BCUT2D eigenvalue weighted by Gasteiger charge is 2.32. The SMILES string of the molecule is CCOc1ccccc1CNC(=O)[C@@H](CC)N(c1cc(C)ccc1C)S(C)(=O)=O. The third kappa shape index (κ3) is 5.73. The van der Waals surface area contributed by atoms with Gasteiger partial charge in [0.15, 0.2) is 0 Å². The van der Waals surface area contributed by atoms with Crippen molar-refractivity contribution < 1.29 is 17.9 Å². The molecule has 0 bridgehead atoms. The van der Waals surface area contributed by atoms with E-state index in [1.165, 1.54) is 4.31 Å². The van der Waals surface area contributed by atoms with Gasteiger partial charge in [0, 0.05) is 12.1 Å². The molecule has 0 aliphatic heterocycles. The summed E-state index contributed by atoms with van der Waals surface area (Å²) in [5.74, 6) is 0.364. The van der Waals surface area contributed by atoms with Crippen molar-refractivity contribution in [1.29, 1.82) is 0 Å². The molecule has 7 heteroatoms. The van der Waals surface area contributed by atoms with E-state index in [0.717, 1.165) is 22.9 Å². The van der Waals surface area contributed by atoms with Crippen LogP contribution in [0.1, 0.15) is 37.0 Å². The van der Waals surface area contributed by atoms with E-state index in [1.54, 1.807) is 6.07 Å². The van der Waals surface area contributed by atoms with E-state index >= 15 is 0 Å². The van der Waals surface area contributed by atoms with E-state index in [9.17, 15) is 13.2 Å². The Morgan fingerprint density at radius 3 is 2.45 bits per heavy atom. The highest BCUT2D eigenvalue weighted by Crippen LogP contribution is 2.27. The Morgan fingerprint density at radius 1 is 1.14 bits per heavy atom. The van der Waals surface area contributed by atoms with Crippen LogP contribution in [0.2, 0.25) is 0 Å². The minimum atomic E-state index is -3.67. The molecule has 6 nitrogen and oxygen atoms in total. The normalized spacial score (nSPS) is 12.3. The van der Waals surface area contributed by atoms with Crippen molar-refractivity contribution in [1.82, 2.24) is 5.32 Å². The van der Waals surface area contributed by atoms with Crippen LogP contribution in [0.3, 0.4) is 0 Å². The fraction of sp³-hybridized carbons (Fsp3) is 0.409. The van der Waals surface area contributed by atoms with Crippen LogP contribution in [0.25, 0.3) is 0 Å². The number of rotatable bonds is 9. The molecule has 2 rings (SSSR count). The average molecular weight is 419 g/mol. The molecule has 0 aromatic heterocycles. The van der Waals surface area contributed by atoms with Gasteiger partial charge in [-0.15, -0.1) is 0 Å². The van der Waals surface area contributed by atoms with Crippen LogP contribution in [-0.2, 0) is 21.4 Å². The summed E-state index contributed by atoms with van der Waals surface area (Å²) in [6, 6.07) is 12.2. The number of hydrogen-bond acceptors (Lipinski definition) is 4. The van der Waals surface area contributed by atoms with Crippen LogP contribution in [-0.4, -0.2) is 33.2 Å². The summed E-state index contributed by atoms with van der Waals surface area (Å²) in [5, 5.41) is 2.88. The molecule has 1 amide bonds. The van der Waals surface area contributed by atoms with E-state index in [2.05, 4.69) is 5.32 Å². The highest BCUT2D eigenvalue weighted by atomic mass is 32.2. The second kappa shape index (κ2) is 9.78. The van der Waals surface area contributed by atoms with Crippen LogP contribution in [0.15, 0.2) is 42.5 Å². The highest BCUT2D eigenvalue weighted by molar-refractivity contribution is 7.92. The third-order valence-corrected chi connectivity index (χ3v) is 5.82. The van der Waals surface area contributed by atoms with Crippen molar-refractivity contribution in [3.63, 3.8) is 0 Å². The number of para-hydroxylation sites is 1. The van der Waals surface area contributed by atoms with Crippen molar-refractivity contribution in [2.24, 2.45) is 0 Å². The summed E-state index contributed by atoms with van der Waals surface area (Å²) in [5.41, 5.74) is 3.11. The topological polar surface area (TPSA) is 75.7 Å². The zero-order chi connectivity index (χ0) is 21.6. The number of aryl methyl sites for hydroxylation is 2. The number of benzene rings is 2. The first-order chi connectivity index (χ1) is 13.7. The Labute approximate surface area is 173 Å². The molecule has 0 spiro atoms. The van der Waals surface area contributed by atoms with Gasteiger partial charge in [-0.2, -0.15) is 0 Å². The lowest BCUT2D eigenvalue weighted by Crippen LogP contribution is -2.49. The van der Waals surface area contributed by atoms with Gasteiger partial charge in [0.25, 0.3) is 0 Å². The summed E-state index contributed by atoms with van der Waals surface area (Å²) in [6.07, 6.45) is 1.48. The third-order valence-electron chi connectivity index (χ3n) is 4.66. The molecule has 2 aromatic carbocycles. The molecular weight excluding hydrogens is 388 g/mol. The number of carbonyl (C=O) groups is 1. The Balaban J connectivity index is 2.31. The smallest absolute Gasteiger partial charge is 0.244 e. The predicted molar refractivity (Wildman–Crippen MR) is 117 cm³/mol. The summed E-state index contributed by atoms with van der Waals surface area (Å²) in [4.78, 5) is 13.0. The fourth-order valence-corrected chi connectivity index (χ4v) is 4.50. The summed E-state index contributed by atoms with van der Waals surface area (Å²) in [7, 11) is -3.67. The van der Waals surface area contributed by atoms with Crippen molar-refractivity contribution >= 4 is 21.6 Å². The largest absolute Gasteiger partial charge is 0.494 e. The molecule has 0 heterocycles. The lowest BCUT2D eigenvalue weighted by molar-refractivity contribution is -0.122. The minimum absolute atomic E-state index is 0.260. The van der Waals surface area contributed by atoms with Gasteiger partial charge in [-0.05, 0) is 50.5 Å². The van der Waals surface area contributed by atoms with Crippen LogP contribution in [0, 0.1) is 13.8 Å². The van der Waals surface area contributed by atoms with Gasteiger partial charge in [-0.1, -0.05) is 37.3 Å². The second-order valence-electron chi connectivity index (χ2n) is 7.03. The number of nitrogens with zero attached hydrogens (tertiary/aromatic N) is 1. The maximum absolute atomic E-state index is 13.0. The van der Waals surface area contributed by atoms with E-state index in [4.69, 9.17) is 4.74 Å². The summed E-state index contributed by atoms with van der Waals surface area (Å²) in [6.45, 7) is 8.23. The number of amides is 1. The quantitative estimate of drug-likeness (QED) is 0.676. The van der Waals surface area contributed by atoms with Gasteiger partial charge in [0.1, 0.15) is 11.8 Å². The Bertz CT molecular complexity index is 957. The number of hydrogen-bond donors (Lipinski definition) is 1. The van der Waals surface area contributed by atoms with Gasteiger partial charge >= 0.3 is 0 Å². The maximum atomic E-state index is 13.0. The zero-order valence-corrected chi connectivity index (χ0v) is 18.5. The van der Waals surface area contributed by atoms with Crippen molar-refractivity contribution in [2.45, 2.75) is 46.7 Å². The Morgan fingerprint density at radius 2 is 1.83 bits per heavy atom. The molecule has 0 aliphatic rings. The van der Waals surface area contributed by atoms with Gasteiger partial charge in [-0.25, -0.2) is 8.42 Å². The van der Waals surface area contributed by atoms with Gasteiger partial charge in [-0.3, -0.25) is 9.10 Å². The van der Waals surface area contributed by atoms with Crippen molar-refractivity contribution in [2.75, 3.05) is 17.2 Å². The van der Waals surface area contributed by atoms with E-state index in [0.29, 0.717) is 24.5 Å². The van der Waals surface area contributed by atoms with Crippen LogP contribution in [0.5, 0.6) is 5.75 Å². The fourth-order valence-electron chi connectivity index (χ4n) is 3.24. The molecule has 29 heavy (non-hydrogen) atoms. The number of anilines is 1. The van der Waals surface area contributed by atoms with Crippen molar-refractivity contribution in [3.05, 3.63) is 59.2 Å². The van der Waals surface area contributed by atoms with E-state index < -0.39 is 16.1 Å². The molecule has 2 aromatic rings. The first-order valence-corrected chi connectivity index (χ1v) is 11.6. The molecule has 1 N–H and O–H groups in total. The van der Waals surface area contributed by atoms with Gasteiger partial charge in [0.05, 0.1) is 18.6 Å². The molecule has 0 saturated carbocycles. The molecule has 0 aliphatic carbocycles. The summed E-state index contributed by atoms with van der Waals surface area (Å²) < 4.78 is 32.1. The first kappa shape index (κ1) is 22.7. The zero-order valence-electron chi connectivity index (χ0n) is 17.7. The van der Waals surface area contributed by atoms with E-state index in [1.807, 2.05) is 64.1 Å². The molecule has 0 radical (unpaired) electrons. The van der Waals surface area contributed by atoms with E-state index in [-0.39, 0.29) is 12.5 Å². The van der Waals surface area contributed by atoms with Crippen molar-refractivity contribution in [3.8, 4) is 5.75 Å². The van der Waals surface area contributed by atoms with Crippen LogP contribution in [0.4, 0.5) is 5.69 Å². The summed E-state index contributed by atoms with van der Waals surface area (Å²) >= 11 is 0. The number of ether oxygens (including phenoxy) is 1. The van der Waals surface area contributed by atoms with Crippen LogP contribution >= 0.6 is 0 Å². The monoisotopic (exact) mass is 418 g/mol. The standard InChI is InChI=1S/C22H30N2O4S/c1-6-19(22(25)23-15-18-10-8-9-11-21(18)28-7-2)24(29(5,26)27)20-14-16(3)12-13-17(20)4/h8-14,19H,6-7,15H2,1-5H3,(H,23,25)/t19-/m1/s1. The molecule has 0 unspecified atom stereocenters. The maximum Gasteiger partial charge on any atom is 0.244 e. The lowest BCUT2D eigenvalue weighted by atomic mass is 10.1. The Hall–Kier alpha value is -2.54. The molecule has 158 valence electrons. The van der Waals surface area contributed by atoms with Crippen LogP contribution < -0.4 is 14.4 Å². The Kier molecular flexibility index (Phi) is 7.67. The van der Waals surface area contributed by atoms with Gasteiger partial charge < -0.3 is 10.1 Å². The number of nitrogens with one attached hydrogen (secondary N) is 1. The molecule has 0 fully saturated rings.